The number of hydrogen-bond donors (Lipinski definition) is 0. The molecule has 0 rings (SSSR count). The minimum Gasteiger partial charge on any atom is -0.458 e. The molecule has 0 N–H and O–H groups in total. The van der Waals surface area contributed by atoms with Crippen LogP contribution in [-0.4, -0.2) is 50.8 Å². The van der Waals surface area contributed by atoms with Gasteiger partial charge < -0.3 is 23.7 Å². The molecular formula is C13H20O8. The second-order valence-corrected chi connectivity index (χ2v) is 3.80. The highest BCUT2D eigenvalue weighted by atomic mass is 16.8. The predicted octanol–water partition coefficient (Wildman–Crippen LogP) is 1.82. The lowest BCUT2D eigenvalue weighted by Crippen LogP contribution is -2.31. The third-order valence-electron chi connectivity index (χ3n) is 1.92. The first-order chi connectivity index (χ1) is 9.90. The van der Waals surface area contributed by atoms with Crippen LogP contribution in [0, 0.1) is 0 Å². The van der Waals surface area contributed by atoms with Crippen LogP contribution in [0.5, 0.6) is 0 Å². The van der Waals surface area contributed by atoms with Gasteiger partial charge >= 0.3 is 18.3 Å². The molecule has 0 aromatic carbocycles. The van der Waals surface area contributed by atoms with Gasteiger partial charge in [-0.25, -0.2) is 14.4 Å². The second kappa shape index (κ2) is 10.5. The number of ether oxygens (including phenoxy) is 5. The molecule has 0 heterocycles. The van der Waals surface area contributed by atoms with Gasteiger partial charge in [-0.2, -0.15) is 0 Å². The predicted molar refractivity (Wildman–Crippen MR) is 70.6 cm³/mol. The molecule has 8 heteroatoms. The summed E-state index contributed by atoms with van der Waals surface area (Å²) in [5.41, 5.74) is 0.191. The fourth-order valence-electron chi connectivity index (χ4n) is 1.02. The number of carbonyl (C=O) groups is 3. The van der Waals surface area contributed by atoms with Crippen LogP contribution in [0.15, 0.2) is 12.2 Å². The van der Waals surface area contributed by atoms with Gasteiger partial charge in [-0.1, -0.05) is 6.58 Å². The van der Waals surface area contributed by atoms with E-state index >= 15 is 0 Å². The Balaban J connectivity index is 4.39. The van der Waals surface area contributed by atoms with Crippen molar-refractivity contribution < 1.29 is 38.1 Å². The highest BCUT2D eigenvalue weighted by molar-refractivity contribution is 5.86. The van der Waals surface area contributed by atoms with Crippen molar-refractivity contribution in [3.05, 3.63) is 12.2 Å². The van der Waals surface area contributed by atoms with Gasteiger partial charge in [0.2, 0.25) is 0 Å². The number of hydrogen-bond acceptors (Lipinski definition) is 8. The monoisotopic (exact) mass is 304 g/mol. The topological polar surface area (TPSA) is 97.4 Å². The summed E-state index contributed by atoms with van der Waals surface area (Å²) in [6, 6.07) is 0. The summed E-state index contributed by atoms with van der Waals surface area (Å²) in [5, 5.41) is 0. The average Bonchev–Trinajstić information content (AvgIpc) is 2.41. The molecule has 0 saturated carbocycles. The molecule has 0 saturated heterocycles. The molecule has 1 unspecified atom stereocenters. The maximum absolute atomic E-state index is 11.3. The van der Waals surface area contributed by atoms with Crippen molar-refractivity contribution in [3.63, 3.8) is 0 Å². The normalized spacial score (nSPS) is 11.0. The number of carbonyl (C=O) groups excluding carboxylic acids is 3. The Hall–Kier alpha value is -2.25. The molecule has 0 bridgehead atoms. The maximum Gasteiger partial charge on any atom is 0.508 e. The highest BCUT2D eigenvalue weighted by Gasteiger charge is 2.20. The zero-order chi connectivity index (χ0) is 16.3. The molecule has 8 nitrogen and oxygen atoms in total. The molecule has 0 aromatic heterocycles. The second-order valence-electron chi connectivity index (χ2n) is 3.80. The van der Waals surface area contributed by atoms with Crippen LogP contribution in [0.4, 0.5) is 9.59 Å². The fourth-order valence-corrected chi connectivity index (χ4v) is 1.02. The van der Waals surface area contributed by atoms with Crippen LogP contribution >= 0.6 is 0 Å². The van der Waals surface area contributed by atoms with E-state index in [0.717, 1.165) is 0 Å². The first-order valence-corrected chi connectivity index (χ1v) is 6.36. The Bertz CT molecular complexity index is 376. The van der Waals surface area contributed by atoms with Crippen LogP contribution in [0.1, 0.15) is 20.8 Å². The lowest BCUT2D eigenvalue weighted by molar-refractivity contribution is -0.143. The summed E-state index contributed by atoms with van der Waals surface area (Å²) in [6.07, 6.45) is -2.88. The lowest BCUT2D eigenvalue weighted by atomic mass is 10.3. The molecule has 0 amide bonds. The van der Waals surface area contributed by atoms with Gasteiger partial charge in [-0.05, 0) is 20.8 Å². The zero-order valence-electron chi connectivity index (χ0n) is 12.4. The van der Waals surface area contributed by atoms with Gasteiger partial charge in [-0.15, -0.1) is 0 Å². The Morgan fingerprint density at radius 3 is 1.95 bits per heavy atom. The van der Waals surface area contributed by atoms with Gasteiger partial charge in [0.1, 0.15) is 13.2 Å². The van der Waals surface area contributed by atoms with E-state index in [2.05, 4.69) is 16.1 Å². The highest BCUT2D eigenvalue weighted by Crippen LogP contribution is 2.02. The Kier molecular flexibility index (Phi) is 9.40. The standard InChI is InChI=1S/C13H20O8/c1-5-17-12(15)20-8-10(21-13(16)18-6-2)7-19-11(14)9(3)4/h10H,3,5-8H2,1-2,4H3. The van der Waals surface area contributed by atoms with Crippen molar-refractivity contribution in [1.82, 2.24) is 0 Å². The van der Waals surface area contributed by atoms with E-state index in [1.165, 1.54) is 6.92 Å². The van der Waals surface area contributed by atoms with E-state index in [0.29, 0.717) is 0 Å². The zero-order valence-corrected chi connectivity index (χ0v) is 12.4. The van der Waals surface area contributed by atoms with Crippen molar-refractivity contribution in [3.8, 4) is 0 Å². The molecule has 0 aliphatic carbocycles. The van der Waals surface area contributed by atoms with Crippen molar-refractivity contribution in [2.75, 3.05) is 26.4 Å². The Morgan fingerprint density at radius 2 is 1.43 bits per heavy atom. The van der Waals surface area contributed by atoms with Gasteiger partial charge in [0.05, 0.1) is 13.2 Å². The molecule has 1 atom stereocenters. The smallest absolute Gasteiger partial charge is 0.458 e. The first-order valence-electron chi connectivity index (χ1n) is 6.36. The molecular weight excluding hydrogens is 284 g/mol. The Labute approximate surface area is 122 Å². The summed E-state index contributed by atoms with van der Waals surface area (Å²) >= 11 is 0. The third-order valence-corrected chi connectivity index (χ3v) is 1.92. The van der Waals surface area contributed by atoms with Gasteiger partial charge in [0.15, 0.2) is 6.10 Å². The van der Waals surface area contributed by atoms with Crippen LogP contribution in [-0.2, 0) is 28.5 Å². The molecule has 21 heavy (non-hydrogen) atoms. The maximum atomic E-state index is 11.3. The summed E-state index contributed by atoms with van der Waals surface area (Å²) < 4.78 is 23.5. The van der Waals surface area contributed by atoms with Gasteiger partial charge in [-0.3, -0.25) is 0 Å². The van der Waals surface area contributed by atoms with Gasteiger partial charge in [0.25, 0.3) is 0 Å². The molecule has 0 radical (unpaired) electrons. The SMILES string of the molecule is C=C(C)C(=O)OCC(COC(=O)OCC)OC(=O)OCC. The van der Waals surface area contributed by atoms with Crippen LogP contribution in [0.3, 0.4) is 0 Å². The molecule has 0 fully saturated rings. The van der Waals surface area contributed by atoms with E-state index in [1.807, 2.05) is 0 Å². The van der Waals surface area contributed by atoms with Crippen molar-refractivity contribution >= 4 is 18.3 Å². The molecule has 0 aromatic rings. The van der Waals surface area contributed by atoms with E-state index in [-0.39, 0.29) is 32.0 Å². The summed E-state index contributed by atoms with van der Waals surface area (Å²) in [6.45, 7) is 7.73. The summed E-state index contributed by atoms with van der Waals surface area (Å²) in [7, 11) is 0. The van der Waals surface area contributed by atoms with Crippen LogP contribution in [0.25, 0.3) is 0 Å². The molecule has 120 valence electrons. The van der Waals surface area contributed by atoms with E-state index < -0.39 is 24.4 Å². The lowest BCUT2D eigenvalue weighted by Gasteiger charge is -2.17. The van der Waals surface area contributed by atoms with E-state index in [9.17, 15) is 14.4 Å². The van der Waals surface area contributed by atoms with Gasteiger partial charge in [0, 0.05) is 5.57 Å². The molecule has 0 spiro atoms. The molecule has 0 aliphatic rings. The third kappa shape index (κ3) is 9.31. The summed E-state index contributed by atoms with van der Waals surface area (Å²) in [4.78, 5) is 33.6. The quantitative estimate of drug-likeness (QED) is 0.380. The van der Waals surface area contributed by atoms with Crippen LogP contribution < -0.4 is 0 Å². The van der Waals surface area contributed by atoms with E-state index in [1.54, 1.807) is 13.8 Å². The largest absolute Gasteiger partial charge is 0.508 e. The number of esters is 1. The van der Waals surface area contributed by atoms with Crippen molar-refractivity contribution in [2.24, 2.45) is 0 Å². The Morgan fingerprint density at radius 1 is 0.905 bits per heavy atom. The van der Waals surface area contributed by atoms with E-state index in [4.69, 9.17) is 14.2 Å². The fraction of sp³-hybridized carbons (Fsp3) is 0.615. The first kappa shape index (κ1) is 18.8. The average molecular weight is 304 g/mol. The number of rotatable bonds is 8. The minimum absolute atomic E-state index is 0.121. The van der Waals surface area contributed by atoms with Crippen molar-refractivity contribution in [1.29, 1.82) is 0 Å². The molecule has 0 aliphatic heterocycles. The van der Waals surface area contributed by atoms with Crippen LogP contribution in [0.2, 0.25) is 0 Å². The minimum atomic E-state index is -1.00. The summed E-state index contributed by atoms with van der Waals surface area (Å²) in [5.74, 6) is -0.649. The van der Waals surface area contributed by atoms with Crippen molar-refractivity contribution in [2.45, 2.75) is 26.9 Å².